The van der Waals surface area contributed by atoms with Crippen LogP contribution in [0.5, 0.6) is 0 Å². The van der Waals surface area contributed by atoms with Gasteiger partial charge in [0, 0.05) is 13.1 Å². The van der Waals surface area contributed by atoms with Gasteiger partial charge < -0.3 is 10.6 Å². The summed E-state index contributed by atoms with van der Waals surface area (Å²) in [6, 6.07) is 4.43. The first kappa shape index (κ1) is 13.9. The van der Waals surface area contributed by atoms with Crippen LogP contribution in [0.15, 0.2) is 17.1 Å². The Bertz CT molecular complexity index is 448. The largest absolute Gasteiger partial charge is 0.370 e. The van der Waals surface area contributed by atoms with Crippen molar-refractivity contribution in [2.75, 3.05) is 13.1 Å². The van der Waals surface area contributed by atoms with E-state index < -0.39 is 0 Å². The van der Waals surface area contributed by atoms with Gasteiger partial charge in [0.25, 0.3) is 0 Å². The van der Waals surface area contributed by atoms with E-state index in [1.165, 1.54) is 41.5 Å². The number of hydrogen-bond acceptors (Lipinski definition) is 1. The Balaban J connectivity index is 2.08. The Hall–Kier alpha value is -1.51. The van der Waals surface area contributed by atoms with E-state index in [0.29, 0.717) is 12.5 Å². The Kier molecular flexibility index (Phi) is 4.46. The summed E-state index contributed by atoms with van der Waals surface area (Å²) >= 11 is 0. The maximum atomic E-state index is 6.10. The minimum atomic E-state index is 0.695. The molecule has 1 fully saturated rings. The van der Waals surface area contributed by atoms with Gasteiger partial charge in [-0.2, -0.15) is 0 Å². The summed E-state index contributed by atoms with van der Waals surface area (Å²) in [7, 11) is 0. The summed E-state index contributed by atoms with van der Waals surface area (Å²) in [5.41, 5.74) is 11.4. The minimum absolute atomic E-state index is 0.695. The normalized spacial score (nSPS) is 16.8. The highest BCUT2D eigenvalue weighted by atomic mass is 15.2. The maximum Gasteiger partial charge on any atom is 0.191 e. The van der Waals surface area contributed by atoms with Gasteiger partial charge in [-0.25, -0.2) is 4.99 Å². The molecule has 0 bridgehead atoms. The van der Waals surface area contributed by atoms with Crippen LogP contribution in [0.3, 0.4) is 0 Å². The van der Waals surface area contributed by atoms with Crippen molar-refractivity contribution in [3.05, 3.63) is 34.4 Å². The first-order chi connectivity index (χ1) is 9.08. The molecule has 0 aromatic heterocycles. The molecule has 2 rings (SSSR count). The molecule has 1 aliphatic heterocycles. The lowest BCUT2D eigenvalue weighted by atomic mass is 10.00. The van der Waals surface area contributed by atoms with E-state index in [1.807, 2.05) is 0 Å². The zero-order valence-electron chi connectivity index (χ0n) is 12.4. The van der Waals surface area contributed by atoms with Crippen molar-refractivity contribution in [3.63, 3.8) is 0 Å². The van der Waals surface area contributed by atoms with Gasteiger partial charge in [0.1, 0.15) is 0 Å². The van der Waals surface area contributed by atoms with Crippen LogP contribution < -0.4 is 5.73 Å². The average molecular weight is 259 g/mol. The number of piperidine rings is 1. The zero-order chi connectivity index (χ0) is 13.8. The molecule has 1 saturated heterocycles. The smallest absolute Gasteiger partial charge is 0.191 e. The number of aryl methyl sites for hydroxylation is 3. The monoisotopic (exact) mass is 259 g/mol. The number of rotatable bonds is 2. The molecular formula is C16H25N3. The molecule has 1 aliphatic rings. The van der Waals surface area contributed by atoms with Crippen molar-refractivity contribution in [1.29, 1.82) is 0 Å². The van der Waals surface area contributed by atoms with Gasteiger partial charge in [-0.15, -0.1) is 0 Å². The lowest BCUT2D eigenvalue weighted by Crippen LogP contribution is -2.40. The molecule has 19 heavy (non-hydrogen) atoms. The van der Waals surface area contributed by atoms with Gasteiger partial charge in [0.05, 0.1) is 6.54 Å². The molecule has 0 unspecified atom stereocenters. The molecule has 0 aliphatic carbocycles. The summed E-state index contributed by atoms with van der Waals surface area (Å²) < 4.78 is 0. The first-order valence-electron chi connectivity index (χ1n) is 7.19. The second-order valence-electron chi connectivity index (χ2n) is 5.60. The molecule has 1 aromatic rings. The highest BCUT2D eigenvalue weighted by molar-refractivity contribution is 5.78. The van der Waals surface area contributed by atoms with Gasteiger partial charge in [-0.1, -0.05) is 17.7 Å². The van der Waals surface area contributed by atoms with Gasteiger partial charge in [-0.3, -0.25) is 0 Å². The van der Waals surface area contributed by atoms with Crippen LogP contribution in [-0.2, 0) is 6.54 Å². The van der Waals surface area contributed by atoms with E-state index in [2.05, 4.69) is 42.8 Å². The van der Waals surface area contributed by atoms with E-state index >= 15 is 0 Å². The van der Waals surface area contributed by atoms with Crippen LogP contribution in [0.4, 0.5) is 0 Å². The quantitative estimate of drug-likeness (QED) is 0.655. The molecule has 0 spiro atoms. The zero-order valence-corrected chi connectivity index (χ0v) is 12.4. The van der Waals surface area contributed by atoms with Crippen molar-refractivity contribution in [2.45, 2.75) is 46.6 Å². The van der Waals surface area contributed by atoms with Crippen LogP contribution in [-0.4, -0.2) is 23.9 Å². The van der Waals surface area contributed by atoms with Crippen molar-refractivity contribution >= 4 is 5.96 Å². The van der Waals surface area contributed by atoms with Gasteiger partial charge >= 0.3 is 0 Å². The second-order valence-corrected chi connectivity index (χ2v) is 5.60. The van der Waals surface area contributed by atoms with Crippen molar-refractivity contribution in [3.8, 4) is 0 Å². The van der Waals surface area contributed by atoms with E-state index in [9.17, 15) is 0 Å². The topological polar surface area (TPSA) is 41.6 Å². The third-order valence-electron chi connectivity index (χ3n) is 3.92. The van der Waals surface area contributed by atoms with Gasteiger partial charge in [0.2, 0.25) is 0 Å². The van der Waals surface area contributed by atoms with Crippen LogP contribution in [0.1, 0.15) is 41.5 Å². The molecule has 2 N–H and O–H groups in total. The third-order valence-corrected chi connectivity index (χ3v) is 3.92. The van der Waals surface area contributed by atoms with E-state index in [1.54, 1.807) is 0 Å². The van der Waals surface area contributed by atoms with Crippen LogP contribution in [0, 0.1) is 20.8 Å². The van der Waals surface area contributed by atoms with Gasteiger partial charge in [0.15, 0.2) is 5.96 Å². The third kappa shape index (κ3) is 3.49. The lowest BCUT2D eigenvalue weighted by Gasteiger charge is -2.27. The molecule has 0 saturated carbocycles. The van der Waals surface area contributed by atoms with Crippen molar-refractivity contribution in [1.82, 2.24) is 4.90 Å². The summed E-state index contributed by atoms with van der Waals surface area (Å²) in [5.74, 6) is 0.707. The molecular weight excluding hydrogens is 234 g/mol. The lowest BCUT2D eigenvalue weighted by molar-refractivity contribution is 0.338. The summed E-state index contributed by atoms with van der Waals surface area (Å²) in [6.07, 6.45) is 3.79. The van der Waals surface area contributed by atoms with Crippen molar-refractivity contribution in [2.24, 2.45) is 10.7 Å². The van der Waals surface area contributed by atoms with Crippen molar-refractivity contribution < 1.29 is 0 Å². The summed E-state index contributed by atoms with van der Waals surface area (Å²) in [5, 5.41) is 0. The van der Waals surface area contributed by atoms with Crippen LogP contribution >= 0.6 is 0 Å². The molecule has 1 aromatic carbocycles. The number of guanidine groups is 1. The maximum absolute atomic E-state index is 6.10. The number of likely N-dealkylation sites (tertiary alicyclic amines) is 1. The van der Waals surface area contributed by atoms with Crippen LogP contribution in [0.25, 0.3) is 0 Å². The Morgan fingerprint density at radius 3 is 2.26 bits per heavy atom. The number of benzene rings is 1. The fraction of sp³-hybridized carbons (Fsp3) is 0.562. The molecule has 0 atom stereocenters. The predicted octanol–water partition coefficient (Wildman–Crippen LogP) is 2.91. The predicted molar refractivity (Wildman–Crippen MR) is 81.4 cm³/mol. The molecule has 3 nitrogen and oxygen atoms in total. The van der Waals surface area contributed by atoms with Crippen LogP contribution in [0.2, 0.25) is 0 Å². The molecule has 104 valence electrons. The van der Waals surface area contributed by atoms with E-state index in [0.717, 1.165) is 13.1 Å². The number of nitrogens with zero attached hydrogens (tertiary/aromatic N) is 2. The summed E-state index contributed by atoms with van der Waals surface area (Å²) in [4.78, 5) is 6.80. The Morgan fingerprint density at radius 2 is 1.68 bits per heavy atom. The minimum Gasteiger partial charge on any atom is -0.370 e. The van der Waals surface area contributed by atoms with E-state index in [-0.39, 0.29) is 0 Å². The Morgan fingerprint density at radius 1 is 1.11 bits per heavy atom. The SMILES string of the molecule is Cc1cc(C)c(CN=C(N)N2CCCCC2)c(C)c1. The number of hydrogen-bond donors (Lipinski definition) is 1. The molecule has 1 heterocycles. The highest BCUT2D eigenvalue weighted by Crippen LogP contribution is 2.17. The van der Waals surface area contributed by atoms with Gasteiger partial charge in [-0.05, 0) is 56.7 Å². The Labute approximate surface area is 116 Å². The average Bonchev–Trinajstić information content (AvgIpc) is 2.38. The molecule has 3 heteroatoms. The first-order valence-corrected chi connectivity index (χ1v) is 7.19. The molecule has 0 radical (unpaired) electrons. The highest BCUT2D eigenvalue weighted by Gasteiger charge is 2.12. The molecule has 0 amide bonds. The van der Waals surface area contributed by atoms with E-state index in [4.69, 9.17) is 5.73 Å². The number of nitrogens with two attached hydrogens (primary N) is 1. The standard InChI is InChI=1S/C16H25N3/c1-12-9-13(2)15(14(3)10-12)11-18-16(17)19-7-5-4-6-8-19/h9-10H,4-8,11H2,1-3H3,(H2,17,18). The summed E-state index contributed by atoms with van der Waals surface area (Å²) in [6.45, 7) is 9.25. The second kappa shape index (κ2) is 6.09. The fourth-order valence-electron chi connectivity index (χ4n) is 2.84. The fourth-order valence-corrected chi connectivity index (χ4v) is 2.84. The number of aliphatic imine (C=N–C) groups is 1.